The Morgan fingerprint density at radius 2 is 2.19 bits per heavy atom. The first kappa shape index (κ1) is 15.3. The standard InChI is InChI=1S/C16H20N2O3/c17-14(10-13-8-9-18-16(13)20)6-7-15(19)21-11-12-4-2-1-3-5-12/h1-7,13-14H,8-11,17H2,(H,18,20)/b7-6+/t13?,14-/m1/s1. The maximum atomic E-state index is 11.6. The zero-order valence-electron chi connectivity index (χ0n) is 11.8. The number of nitrogens with one attached hydrogen (secondary N) is 1. The van der Waals surface area contributed by atoms with Crippen LogP contribution in [0, 0.1) is 5.92 Å². The molecule has 0 bridgehead atoms. The minimum atomic E-state index is -0.426. The lowest BCUT2D eigenvalue weighted by atomic mass is 9.99. The fourth-order valence-corrected chi connectivity index (χ4v) is 2.26. The van der Waals surface area contributed by atoms with E-state index in [9.17, 15) is 9.59 Å². The number of amides is 1. The number of nitrogens with two attached hydrogens (primary N) is 1. The molecule has 0 spiro atoms. The van der Waals surface area contributed by atoms with Gasteiger partial charge in [0, 0.05) is 24.6 Å². The third kappa shape index (κ3) is 5.04. The van der Waals surface area contributed by atoms with Crippen LogP contribution in [0.25, 0.3) is 0 Å². The maximum Gasteiger partial charge on any atom is 0.330 e. The third-order valence-electron chi connectivity index (χ3n) is 3.42. The van der Waals surface area contributed by atoms with Crippen LogP contribution in [0.2, 0.25) is 0 Å². The summed E-state index contributed by atoms with van der Waals surface area (Å²) in [4.78, 5) is 23.0. The largest absolute Gasteiger partial charge is 0.458 e. The molecular formula is C16H20N2O3. The Hall–Kier alpha value is -2.14. The van der Waals surface area contributed by atoms with Gasteiger partial charge in [0.25, 0.3) is 0 Å². The first-order valence-corrected chi connectivity index (χ1v) is 7.07. The van der Waals surface area contributed by atoms with Crippen LogP contribution in [0.3, 0.4) is 0 Å². The fourth-order valence-electron chi connectivity index (χ4n) is 2.26. The minimum Gasteiger partial charge on any atom is -0.458 e. The van der Waals surface area contributed by atoms with Gasteiger partial charge < -0.3 is 15.8 Å². The van der Waals surface area contributed by atoms with Crippen LogP contribution < -0.4 is 11.1 Å². The van der Waals surface area contributed by atoms with E-state index in [0.29, 0.717) is 13.0 Å². The second-order valence-corrected chi connectivity index (χ2v) is 5.13. The molecule has 1 unspecified atom stereocenters. The molecule has 1 aliphatic rings. The van der Waals surface area contributed by atoms with Crippen molar-refractivity contribution in [1.29, 1.82) is 0 Å². The van der Waals surface area contributed by atoms with Crippen LogP contribution in [0.15, 0.2) is 42.5 Å². The van der Waals surface area contributed by atoms with Crippen LogP contribution in [-0.4, -0.2) is 24.5 Å². The molecule has 1 aromatic carbocycles. The highest BCUT2D eigenvalue weighted by atomic mass is 16.5. The summed E-state index contributed by atoms with van der Waals surface area (Å²) < 4.78 is 5.11. The van der Waals surface area contributed by atoms with Gasteiger partial charge in [-0.1, -0.05) is 36.4 Å². The highest BCUT2D eigenvalue weighted by Crippen LogP contribution is 2.15. The number of esters is 1. The number of rotatable bonds is 6. The molecule has 5 heteroatoms. The summed E-state index contributed by atoms with van der Waals surface area (Å²) >= 11 is 0. The monoisotopic (exact) mass is 288 g/mol. The molecule has 1 aliphatic heterocycles. The lowest BCUT2D eigenvalue weighted by Crippen LogP contribution is -2.26. The summed E-state index contributed by atoms with van der Waals surface area (Å²) in [7, 11) is 0. The van der Waals surface area contributed by atoms with Gasteiger partial charge in [-0.15, -0.1) is 0 Å². The van der Waals surface area contributed by atoms with Crippen LogP contribution in [0.1, 0.15) is 18.4 Å². The van der Waals surface area contributed by atoms with E-state index in [2.05, 4.69) is 5.32 Å². The van der Waals surface area contributed by atoms with Crippen molar-refractivity contribution in [2.24, 2.45) is 11.7 Å². The zero-order valence-corrected chi connectivity index (χ0v) is 11.8. The molecule has 0 saturated carbocycles. The van der Waals surface area contributed by atoms with Gasteiger partial charge in [-0.2, -0.15) is 0 Å². The molecule has 2 rings (SSSR count). The molecule has 2 atom stereocenters. The molecule has 1 saturated heterocycles. The quantitative estimate of drug-likeness (QED) is 0.607. The van der Waals surface area contributed by atoms with E-state index in [4.69, 9.17) is 10.5 Å². The van der Waals surface area contributed by atoms with Crippen molar-refractivity contribution in [2.75, 3.05) is 6.54 Å². The summed E-state index contributed by atoms with van der Waals surface area (Å²) in [5.74, 6) is -0.430. The van der Waals surface area contributed by atoms with E-state index in [1.165, 1.54) is 6.08 Å². The normalized spacial score (nSPS) is 19.5. The molecule has 0 radical (unpaired) electrons. The summed E-state index contributed by atoms with van der Waals surface area (Å²) in [6.07, 6.45) is 4.28. The average Bonchev–Trinajstić information content (AvgIpc) is 2.89. The second kappa shape index (κ2) is 7.59. The van der Waals surface area contributed by atoms with E-state index in [0.717, 1.165) is 12.0 Å². The molecule has 1 amide bonds. The van der Waals surface area contributed by atoms with Crippen molar-refractivity contribution < 1.29 is 14.3 Å². The number of benzene rings is 1. The van der Waals surface area contributed by atoms with Gasteiger partial charge in [0.15, 0.2) is 0 Å². The molecule has 0 aromatic heterocycles. The van der Waals surface area contributed by atoms with Crippen LogP contribution in [0.5, 0.6) is 0 Å². The number of ether oxygens (including phenoxy) is 1. The van der Waals surface area contributed by atoms with Crippen molar-refractivity contribution >= 4 is 11.9 Å². The molecule has 21 heavy (non-hydrogen) atoms. The first-order chi connectivity index (χ1) is 10.1. The summed E-state index contributed by atoms with van der Waals surface area (Å²) in [6, 6.07) is 9.15. The number of hydrogen-bond donors (Lipinski definition) is 2. The number of hydrogen-bond acceptors (Lipinski definition) is 4. The van der Waals surface area contributed by atoms with Gasteiger partial charge in [0.1, 0.15) is 6.61 Å². The SMILES string of the molecule is N[C@H](/C=C/C(=O)OCc1ccccc1)CC1CCNC1=O. The highest BCUT2D eigenvalue weighted by Gasteiger charge is 2.25. The number of carbonyl (C=O) groups excluding carboxylic acids is 2. The predicted molar refractivity (Wildman–Crippen MR) is 79.1 cm³/mol. The fraction of sp³-hybridized carbons (Fsp3) is 0.375. The average molecular weight is 288 g/mol. The molecule has 3 N–H and O–H groups in total. The zero-order chi connectivity index (χ0) is 15.1. The predicted octanol–water partition coefficient (Wildman–Crippen LogP) is 1.14. The topological polar surface area (TPSA) is 81.4 Å². The maximum absolute atomic E-state index is 11.6. The Balaban J connectivity index is 1.72. The van der Waals surface area contributed by atoms with Crippen LogP contribution in [0.4, 0.5) is 0 Å². The van der Waals surface area contributed by atoms with Gasteiger partial charge in [-0.05, 0) is 18.4 Å². The Morgan fingerprint density at radius 3 is 2.86 bits per heavy atom. The molecular weight excluding hydrogens is 268 g/mol. The molecule has 112 valence electrons. The van der Waals surface area contributed by atoms with Crippen LogP contribution in [-0.2, 0) is 20.9 Å². The van der Waals surface area contributed by atoms with Gasteiger partial charge in [0.05, 0.1) is 0 Å². The van der Waals surface area contributed by atoms with E-state index in [-0.39, 0.29) is 24.5 Å². The third-order valence-corrected chi connectivity index (χ3v) is 3.42. The molecule has 0 aliphatic carbocycles. The lowest BCUT2D eigenvalue weighted by molar-refractivity contribution is -0.139. The minimum absolute atomic E-state index is 0.0468. The van der Waals surface area contributed by atoms with Crippen molar-refractivity contribution in [3.05, 3.63) is 48.0 Å². The first-order valence-electron chi connectivity index (χ1n) is 7.07. The van der Waals surface area contributed by atoms with E-state index < -0.39 is 5.97 Å². The summed E-state index contributed by atoms with van der Waals surface area (Å²) in [6.45, 7) is 0.948. The van der Waals surface area contributed by atoms with Crippen LogP contribution >= 0.6 is 0 Å². The second-order valence-electron chi connectivity index (χ2n) is 5.13. The smallest absolute Gasteiger partial charge is 0.330 e. The van der Waals surface area contributed by atoms with Gasteiger partial charge in [-0.25, -0.2) is 4.79 Å². The Kier molecular flexibility index (Phi) is 5.51. The molecule has 1 fully saturated rings. The highest BCUT2D eigenvalue weighted by molar-refractivity contribution is 5.82. The molecule has 1 aromatic rings. The van der Waals surface area contributed by atoms with Crippen molar-refractivity contribution in [3.63, 3.8) is 0 Å². The Bertz CT molecular complexity index is 514. The van der Waals surface area contributed by atoms with Gasteiger partial charge >= 0.3 is 5.97 Å². The van der Waals surface area contributed by atoms with Crippen molar-refractivity contribution in [3.8, 4) is 0 Å². The van der Waals surface area contributed by atoms with Crippen molar-refractivity contribution in [2.45, 2.75) is 25.5 Å². The Labute approximate surface area is 124 Å². The molecule has 1 heterocycles. The summed E-state index contributed by atoms with van der Waals surface area (Å²) in [5.41, 5.74) is 6.83. The number of carbonyl (C=O) groups is 2. The van der Waals surface area contributed by atoms with E-state index >= 15 is 0 Å². The van der Waals surface area contributed by atoms with Gasteiger partial charge in [-0.3, -0.25) is 4.79 Å². The summed E-state index contributed by atoms with van der Waals surface area (Å²) in [5, 5.41) is 2.77. The Morgan fingerprint density at radius 1 is 1.43 bits per heavy atom. The molecule has 5 nitrogen and oxygen atoms in total. The van der Waals surface area contributed by atoms with Gasteiger partial charge in [0.2, 0.25) is 5.91 Å². The van der Waals surface area contributed by atoms with E-state index in [1.54, 1.807) is 6.08 Å². The lowest BCUT2D eigenvalue weighted by Gasteiger charge is -2.10. The van der Waals surface area contributed by atoms with E-state index in [1.807, 2.05) is 30.3 Å². The van der Waals surface area contributed by atoms with Crippen molar-refractivity contribution in [1.82, 2.24) is 5.32 Å².